The SMILES string of the molecule is Cc1nn(-c2ccccc2)c(N)c1N=Nc1ccc(S(=O)(=O)N(C)c2ccc(Cl)cc2)cc1. The monoisotopic (exact) mass is 480 g/mol. The summed E-state index contributed by atoms with van der Waals surface area (Å²) in [5, 5.41) is 13.4. The van der Waals surface area contributed by atoms with Crippen LogP contribution in [0.2, 0.25) is 5.02 Å². The fraction of sp³-hybridized carbons (Fsp3) is 0.0870. The number of halogens is 1. The van der Waals surface area contributed by atoms with E-state index in [1.807, 2.05) is 30.3 Å². The molecule has 0 aliphatic heterocycles. The normalized spacial score (nSPS) is 11.7. The topological polar surface area (TPSA) is 106 Å². The Morgan fingerprint density at radius 3 is 2.21 bits per heavy atom. The summed E-state index contributed by atoms with van der Waals surface area (Å²) in [6, 6.07) is 22.2. The predicted octanol–water partition coefficient (Wildman–Crippen LogP) is 5.66. The van der Waals surface area contributed by atoms with E-state index in [1.165, 1.54) is 23.5 Å². The molecule has 1 aromatic heterocycles. The van der Waals surface area contributed by atoms with Crippen molar-refractivity contribution in [2.75, 3.05) is 17.1 Å². The van der Waals surface area contributed by atoms with Gasteiger partial charge in [-0.3, -0.25) is 4.31 Å². The Morgan fingerprint density at radius 2 is 1.58 bits per heavy atom. The maximum atomic E-state index is 12.9. The number of anilines is 2. The Morgan fingerprint density at radius 1 is 0.939 bits per heavy atom. The molecule has 0 aliphatic rings. The van der Waals surface area contributed by atoms with E-state index in [0.717, 1.165) is 5.69 Å². The number of rotatable bonds is 6. The highest BCUT2D eigenvalue weighted by Crippen LogP contribution is 2.31. The number of azo groups is 1. The highest BCUT2D eigenvalue weighted by molar-refractivity contribution is 7.92. The van der Waals surface area contributed by atoms with Crippen molar-refractivity contribution < 1.29 is 8.42 Å². The van der Waals surface area contributed by atoms with E-state index in [0.29, 0.717) is 33.6 Å². The molecule has 3 aromatic carbocycles. The van der Waals surface area contributed by atoms with Gasteiger partial charge in [0.2, 0.25) is 0 Å². The number of hydrogen-bond donors (Lipinski definition) is 1. The molecule has 0 saturated heterocycles. The Balaban J connectivity index is 1.56. The quantitative estimate of drug-likeness (QED) is 0.359. The van der Waals surface area contributed by atoms with Crippen molar-refractivity contribution in [3.8, 4) is 5.69 Å². The summed E-state index contributed by atoms with van der Waals surface area (Å²) in [5.74, 6) is 0.367. The third-order valence-corrected chi connectivity index (χ3v) is 7.07. The molecule has 33 heavy (non-hydrogen) atoms. The molecule has 4 rings (SSSR count). The summed E-state index contributed by atoms with van der Waals surface area (Å²) >= 11 is 5.89. The fourth-order valence-electron chi connectivity index (χ4n) is 3.17. The molecular formula is C23H21ClN6O2S. The number of hydrogen-bond acceptors (Lipinski definition) is 6. The van der Waals surface area contributed by atoms with Crippen LogP contribution >= 0.6 is 11.6 Å². The Kier molecular flexibility index (Phi) is 6.17. The number of sulfonamides is 1. The number of nitrogens with two attached hydrogens (primary N) is 1. The number of para-hydroxylation sites is 1. The first-order valence-corrected chi connectivity index (χ1v) is 11.8. The number of aryl methyl sites for hydroxylation is 1. The second-order valence-electron chi connectivity index (χ2n) is 7.21. The van der Waals surface area contributed by atoms with E-state index < -0.39 is 10.0 Å². The van der Waals surface area contributed by atoms with Crippen LogP contribution in [-0.2, 0) is 10.0 Å². The zero-order chi connectivity index (χ0) is 23.6. The van der Waals surface area contributed by atoms with Crippen LogP contribution in [0.1, 0.15) is 5.69 Å². The number of nitrogen functional groups attached to an aromatic ring is 1. The van der Waals surface area contributed by atoms with Gasteiger partial charge in [0.1, 0.15) is 0 Å². The van der Waals surface area contributed by atoms with E-state index in [4.69, 9.17) is 17.3 Å². The van der Waals surface area contributed by atoms with E-state index in [-0.39, 0.29) is 4.90 Å². The van der Waals surface area contributed by atoms with Crippen LogP contribution in [-0.4, -0.2) is 25.2 Å². The van der Waals surface area contributed by atoms with E-state index in [2.05, 4.69) is 15.3 Å². The van der Waals surface area contributed by atoms with Crippen LogP contribution in [0.3, 0.4) is 0 Å². The first-order chi connectivity index (χ1) is 15.8. The minimum atomic E-state index is -3.74. The fourth-order valence-corrected chi connectivity index (χ4v) is 4.49. The van der Waals surface area contributed by atoms with Crippen molar-refractivity contribution in [3.05, 3.63) is 89.6 Å². The molecule has 0 unspecified atom stereocenters. The van der Waals surface area contributed by atoms with Gasteiger partial charge < -0.3 is 5.73 Å². The third-order valence-electron chi connectivity index (χ3n) is 5.02. The molecule has 0 fully saturated rings. The van der Waals surface area contributed by atoms with Crippen molar-refractivity contribution in [2.45, 2.75) is 11.8 Å². The molecule has 0 aliphatic carbocycles. The zero-order valence-electron chi connectivity index (χ0n) is 17.9. The van der Waals surface area contributed by atoms with Gasteiger partial charge >= 0.3 is 0 Å². The summed E-state index contributed by atoms with van der Waals surface area (Å²) in [6.45, 7) is 1.80. The lowest BCUT2D eigenvalue weighted by Crippen LogP contribution is -2.26. The molecule has 0 bridgehead atoms. The summed E-state index contributed by atoms with van der Waals surface area (Å²) in [4.78, 5) is 0.131. The predicted molar refractivity (Wildman–Crippen MR) is 130 cm³/mol. The van der Waals surface area contributed by atoms with Gasteiger partial charge in [0.05, 0.1) is 27.7 Å². The standard InChI is InChI=1S/C23H21ClN6O2S/c1-16-22(23(25)30(28-16)20-6-4-3-5-7-20)27-26-18-10-14-21(15-11-18)33(31,32)29(2)19-12-8-17(24)9-13-19/h3-15H,25H2,1-2H3. The molecule has 168 valence electrons. The second-order valence-corrected chi connectivity index (χ2v) is 9.62. The number of benzene rings is 3. The van der Waals surface area contributed by atoms with Crippen LogP contribution in [0, 0.1) is 6.92 Å². The van der Waals surface area contributed by atoms with Gasteiger partial charge in [0, 0.05) is 12.1 Å². The summed E-state index contributed by atoms with van der Waals surface area (Å²) in [5.41, 5.74) is 9.12. The maximum absolute atomic E-state index is 12.9. The molecule has 0 atom stereocenters. The minimum absolute atomic E-state index is 0.131. The highest BCUT2D eigenvalue weighted by atomic mass is 35.5. The molecule has 0 spiro atoms. The smallest absolute Gasteiger partial charge is 0.264 e. The summed E-state index contributed by atoms with van der Waals surface area (Å²) in [7, 11) is -2.26. The lowest BCUT2D eigenvalue weighted by molar-refractivity contribution is 0.594. The van der Waals surface area contributed by atoms with Gasteiger partial charge in [0.15, 0.2) is 11.5 Å². The molecule has 0 amide bonds. The number of aromatic nitrogens is 2. The summed E-state index contributed by atoms with van der Waals surface area (Å²) < 4.78 is 28.7. The molecule has 4 aromatic rings. The Bertz CT molecular complexity index is 1400. The van der Waals surface area contributed by atoms with Gasteiger partial charge in [-0.15, -0.1) is 5.11 Å². The Labute approximate surface area is 197 Å². The van der Waals surface area contributed by atoms with Crippen molar-refractivity contribution in [1.82, 2.24) is 9.78 Å². The van der Waals surface area contributed by atoms with Crippen molar-refractivity contribution >= 4 is 44.5 Å². The lowest BCUT2D eigenvalue weighted by Gasteiger charge is -2.19. The van der Waals surface area contributed by atoms with E-state index in [9.17, 15) is 8.42 Å². The number of nitrogens with zero attached hydrogens (tertiary/aromatic N) is 5. The van der Waals surface area contributed by atoms with E-state index in [1.54, 1.807) is 48.0 Å². The lowest BCUT2D eigenvalue weighted by atomic mass is 10.3. The average Bonchev–Trinajstić information content (AvgIpc) is 3.11. The largest absolute Gasteiger partial charge is 0.382 e. The zero-order valence-corrected chi connectivity index (χ0v) is 19.5. The molecule has 0 radical (unpaired) electrons. The van der Waals surface area contributed by atoms with Gasteiger partial charge in [-0.25, -0.2) is 13.1 Å². The van der Waals surface area contributed by atoms with Gasteiger partial charge in [0.25, 0.3) is 10.0 Å². The molecule has 8 nitrogen and oxygen atoms in total. The van der Waals surface area contributed by atoms with Crippen LogP contribution in [0.5, 0.6) is 0 Å². The Hall–Kier alpha value is -3.69. The van der Waals surface area contributed by atoms with Gasteiger partial charge in [-0.2, -0.15) is 10.2 Å². The molecular weight excluding hydrogens is 460 g/mol. The van der Waals surface area contributed by atoms with Crippen LogP contribution in [0.15, 0.2) is 94.0 Å². The van der Waals surface area contributed by atoms with Gasteiger partial charge in [-0.1, -0.05) is 29.8 Å². The highest BCUT2D eigenvalue weighted by Gasteiger charge is 2.21. The first kappa shape index (κ1) is 22.5. The first-order valence-electron chi connectivity index (χ1n) is 9.94. The van der Waals surface area contributed by atoms with Crippen LogP contribution < -0.4 is 10.0 Å². The van der Waals surface area contributed by atoms with Crippen molar-refractivity contribution in [3.63, 3.8) is 0 Å². The third kappa shape index (κ3) is 4.59. The van der Waals surface area contributed by atoms with Crippen molar-refractivity contribution in [1.29, 1.82) is 0 Å². The maximum Gasteiger partial charge on any atom is 0.264 e. The molecule has 1 heterocycles. The minimum Gasteiger partial charge on any atom is -0.382 e. The van der Waals surface area contributed by atoms with Crippen molar-refractivity contribution in [2.24, 2.45) is 10.2 Å². The second kappa shape index (κ2) is 9.05. The average molecular weight is 481 g/mol. The molecule has 0 saturated carbocycles. The van der Waals surface area contributed by atoms with Gasteiger partial charge in [-0.05, 0) is 67.6 Å². The summed E-state index contributed by atoms with van der Waals surface area (Å²) in [6.07, 6.45) is 0. The van der Waals surface area contributed by atoms with E-state index >= 15 is 0 Å². The molecule has 10 heteroatoms. The van der Waals surface area contributed by atoms with Crippen LogP contribution in [0.4, 0.5) is 22.9 Å². The molecule has 2 N–H and O–H groups in total. The van der Waals surface area contributed by atoms with Crippen LogP contribution in [0.25, 0.3) is 5.69 Å².